The van der Waals surface area contributed by atoms with Gasteiger partial charge in [-0.2, -0.15) is 32.1 Å². The molecule has 0 spiro atoms. The number of halogens is 8. The maximum atomic E-state index is 15.7. The summed E-state index contributed by atoms with van der Waals surface area (Å²) in [6, 6.07) is 12.6. The normalized spacial score (nSPS) is 17.8. The highest BCUT2D eigenvalue weighted by molar-refractivity contribution is 7.92. The largest absolute Gasteiger partial charge is 0.435 e. The Hall–Kier alpha value is -5.56. The van der Waals surface area contributed by atoms with Crippen molar-refractivity contribution in [3.8, 4) is 22.5 Å². The lowest BCUT2D eigenvalue weighted by molar-refractivity contribution is -0.144. The zero-order valence-electron chi connectivity index (χ0n) is 30.3. The number of benzene rings is 2. The molecule has 0 bridgehead atoms. The van der Waals surface area contributed by atoms with Gasteiger partial charge in [0.2, 0.25) is 15.9 Å². The van der Waals surface area contributed by atoms with Crippen molar-refractivity contribution < 1.29 is 43.9 Å². The van der Waals surface area contributed by atoms with Crippen LogP contribution in [0.15, 0.2) is 66.9 Å². The molecule has 6 aromatic rings. The first-order chi connectivity index (χ1) is 27.3. The van der Waals surface area contributed by atoms with Crippen molar-refractivity contribution in [3.63, 3.8) is 0 Å². The van der Waals surface area contributed by atoms with E-state index in [1.165, 1.54) is 24.0 Å². The zero-order valence-corrected chi connectivity index (χ0v) is 31.8. The Morgan fingerprint density at radius 2 is 1.72 bits per heavy atom. The van der Waals surface area contributed by atoms with Crippen LogP contribution in [0.2, 0.25) is 5.02 Å². The topological polar surface area (TPSA) is 137 Å². The molecular formula is C38H30ClF7N8O3S. The SMILES string of the molecule is Cn1nc(NS(C)(=O)=O)c2c(Cl)ccc(-c3ccc(-c4ccccn4)nc3[C@H](Cc3cc(F)cc(F)c3)NC(=O)Cn3nc(C(F)(F)F)c4c3C(F)(F)[C@@H]3CC[C@H]43)c21. The van der Waals surface area contributed by atoms with Gasteiger partial charge < -0.3 is 5.32 Å². The van der Waals surface area contributed by atoms with Crippen LogP contribution in [-0.4, -0.2) is 50.1 Å². The van der Waals surface area contributed by atoms with Crippen molar-refractivity contribution in [1.29, 1.82) is 0 Å². The van der Waals surface area contributed by atoms with Crippen LogP contribution in [-0.2, 0) is 46.9 Å². The molecule has 58 heavy (non-hydrogen) atoms. The summed E-state index contributed by atoms with van der Waals surface area (Å²) in [5.74, 6) is -9.16. The molecule has 2 aliphatic rings. The molecule has 20 heteroatoms. The van der Waals surface area contributed by atoms with Crippen LogP contribution in [0.4, 0.5) is 36.6 Å². The van der Waals surface area contributed by atoms with Crippen molar-refractivity contribution in [2.45, 2.75) is 49.9 Å². The van der Waals surface area contributed by atoms with Gasteiger partial charge >= 0.3 is 6.18 Å². The second kappa shape index (κ2) is 14.1. The second-order valence-electron chi connectivity index (χ2n) is 14.3. The average Bonchev–Trinajstić information content (AvgIpc) is 3.69. The molecule has 3 atom stereocenters. The summed E-state index contributed by atoms with van der Waals surface area (Å²) in [6.07, 6.45) is -2.88. The summed E-state index contributed by atoms with van der Waals surface area (Å²) in [6.45, 7) is -1.07. The molecule has 11 nitrogen and oxygen atoms in total. The zero-order chi connectivity index (χ0) is 41.5. The standard InChI is InChI=1S/C38H30ClF7N8O3S/c1-53-33-22(7-10-25(39)31(33)36(51-53)52-58(2,56)57)21-8-11-27(26-5-3-4-12-47-26)49-32(21)28(15-18-13-19(40)16-20(41)14-18)48-29(55)17-54-35-30(34(50-54)38(44,45)46)23-6-9-24(23)37(35,42)43/h3-5,7-8,10-14,16,23-24,28H,6,9,15,17H2,1-2H3,(H,48,55)(H,51,52)/t23-,24+,28-/m0/s1. The smallest absolute Gasteiger partial charge is 0.346 e. The Labute approximate surface area is 330 Å². The highest BCUT2D eigenvalue weighted by Crippen LogP contribution is 2.64. The van der Waals surface area contributed by atoms with E-state index >= 15 is 8.78 Å². The quantitative estimate of drug-likeness (QED) is 0.134. The summed E-state index contributed by atoms with van der Waals surface area (Å²) in [7, 11) is -2.31. The number of anilines is 1. The summed E-state index contributed by atoms with van der Waals surface area (Å²) in [5.41, 5.74) is -1.41. The lowest BCUT2D eigenvalue weighted by Crippen LogP contribution is -2.36. The van der Waals surface area contributed by atoms with E-state index in [0.29, 0.717) is 27.5 Å². The van der Waals surface area contributed by atoms with Crippen LogP contribution in [0.3, 0.4) is 0 Å². The van der Waals surface area contributed by atoms with Crippen molar-refractivity contribution in [3.05, 3.63) is 112 Å². The van der Waals surface area contributed by atoms with E-state index in [1.54, 1.807) is 36.4 Å². The Balaban J connectivity index is 1.29. The minimum Gasteiger partial charge on any atom is -0.346 e. The molecule has 0 radical (unpaired) electrons. The molecule has 302 valence electrons. The van der Waals surface area contributed by atoms with Gasteiger partial charge in [-0.3, -0.25) is 23.9 Å². The summed E-state index contributed by atoms with van der Waals surface area (Å²) in [5, 5.41) is 10.8. The number of carbonyl (C=O) groups is 1. The molecule has 1 amide bonds. The number of carbonyl (C=O) groups excluding carboxylic acids is 1. The lowest BCUT2D eigenvalue weighted by atomic mass is 9.73. The highest BCUT2D eigenvalue weighted by atomic mass is 35.5. The summed E-state index contributed by atoms with van der Waals surface area (Å²) < 4.78 is 132. The first kappa shape index (κ1) is 39.3. The summed E-state index contributed by atoms with van der Waals surface area (Å²) >= 11 is 6.59. The summed E-state index contributed by atoms with van der Waals surface area (Å²) in [4.78, 5) is 23.3. The van der Waals surface area contributed by atoms with Gasteiger partial charge in [0.1, 0.15) is 23.9 Å². The molecule has 0 unspecified atom stereocenters. The van der Waals surface area contributed by atoms with E-state index < -0.39 is 81.0 Å². The lowest BCUT2D eigenvalue weighted by Gasteiger charge is -2.34. The molecule has 4 aromatic heterocycles. The number of nitrogens with one attached hydrogen (secondary N) is 2. The molecule has 0 aliphatic heterocycles. The Bertz CT molecular complexity index is 2720. The first-order valence-electron chi connectivity index (χ1n) is 17.7. The van der Waals surface area contributed by atoms with E-state index in [0.717, 1.165) is 18.4 Å². The number of hydrogen-bond donors (Lipinski definition) is 2. The predicted molar refractivity (Wildman–Crippen MR) is 198 cm³/mol. The number of rotatable bonds is 10. The van der Waals surface area contributed by atoms with Crippen molar-refractivity contribution >= 4 is 44.3 Å². The number of sulfonamides is 1. The van der Waals surface area contributed by atoms with E-state index in [9.17, 15) is 35.2 Å². The third-order valence-corrected chi connectivity index (χ3v) is 11.2. The molecule has 2 aromatic carbocycles. The van der Waals surface area contributed by atoms with Gasteiger partial charge in [-0.1, -0.05) is 29.8 Å². The Kier molecular flexibility index (Phi) is 9.53. The molecule has 4 heterocycles. The predicted octanol–water partition coefficient (Wildman–Crippen LogP) is 7.91. The van der Waals surface area contributed by atoms with Crippen LogP contribution in [0.5, 0.6) is 0 Å². The molecule has 2 N–H and O–H groups in total. The van der Waals surface area contributed by atoms with Gasteiger partial charge in [0.15, 0.2) is 11.5 Å². The molecule has 1 fully saturated rings. The number of fused-ring (bicyclic) bond motifs is 4. The number of pyridine rings is 2. The molecule has 1 saturated carbocycles. The molecule has 2 aliphatic carbocycles. The number of hydrogen-bond acceptors (Lipinski definition) is 7. The minimum absolute atomic E-state index is 0.00358. The van der Waals surface area contributed by atoms with Gasteiger partial charge in [0, 0.05) is 41.9 Å². The van der Waals surface area contributed by atoms with Gasteiger partial charge in [-0.15, -0.1) is 0 Å². The maximum Gasteiger partial charge on any atom is 0.435 e. The first-order valence-corrected chi connectivity index (χ1v) is 19.9. The monoisotopic (exact) mass is 846 g/mol. The van der Waals surface area contributed by atoms with E-state index in [2.05, 4.69) is 25.2 Å². The number of aromatic nitrogens is 6. The van der Waals surface area contributed by atoms with E-state index in [4.69, 9.17) is 16.6 Å². The van der Waals surface area contributed by atoms with Crippen LogP contribution in [0.25, 0.3) is 33.4 Å². The molecule has 8 rings (SSSR count). The second-order valence-corrected chi connectivity index (χ2v) is 16.4. The Morgan fingerprint density at radius 1 is 1.00 bits per heavy atom. The van der Waals surface area contributed by atoms with Crippen LogP contribution >= 0.6 is 11.6 Å². The fourth-order valence-electron chi connectivity index (χ4n) is 7.98. The van der Waals surface area contributed by atoms with Crippen molar-refractivity contribution in [2.24, 2.45) is 13.0 Å². The number of nitrogens with zero attached hydrogens (tertiary/aromatic N) is 6. The van der Waals surface area contributed by atoms with Crippen LogP contribution in [0, 0.1) is 17.6 Å². The fraction of sp³-hybridized carbons (Fsp3) is 0.289. The average molecular weight is 847 g/mol. The van der Waals surface area contributed by atoms with E-state index in [-0.39, 0.29) is 58.0 Å². The van der Waals surface area contributed by atoms with Gasteiger partial charge in [0.05, 0.1) is 45.3 Å². The highest BCUT2D eigenvalue weighted by Gasteiger charge is 2.63. The number of amides is 1. The van der Waals surface area contributed by atoms with Crippen LogP contribution in [0.1, 0.15) is 53.0 Å². The minimum atomic E-state index is -5.08. The number of aryl methyl sites for hydroxylation is 1. The van der Waals surface area contributed by atoms with E-state index in [1.807, 2.05) is 0 Å². The number of alkyl halides is 5. The fourth-order valence-corrected chi connectivity index (χ4v) is 8.72. The van der Waals surface area contributed by atoms with Gasteiger partial charge in [-0.05, 0) is 67.1 Å². The third-order valence-electron chi connectivity index (χ3n) is 10.4. The third kappa shape index (κ3) is 7.03. The molecular weight excluding hydrogens is 817 g/mol. The molecule has 0 saturated heterocycles. The van der Waals surface area contributed by atoms with Gasteiger partial charge in [0.25, 0.3) is 5.92 Å². The maximum absolute atomic E-state index is 15.7. The van der Waals surface area contributed by atoms with Crippen LogP contribution < -0.4 is 10.0 Å². The Morgan fingerprint density at radius 3 is 2.36 bits per heavy atom. The van der Waals surface area contributed by atoms with Gasteiger partial charge in [-0.25, -0.2) is 22.2 Å². The van der Waals surface area contributed by atoms with Crippen molar-refractivity contribution in [1.82, 2.24) is 34.8 Å². The van der Waals surface area contributed by atoms with Crippen molar-refractivity contribution in [2.75, 3.05) is 11.0 Å².